The van der Waals surface area contributed by atoms with Crippen molar-refractivity contribution in [3.63, 3.8) is 0 Å². The molecular weight excluding hydrogens is 231 g/mol. The van der Waals surface area contributed by atoms with E-state index in [0.29, 0.717) is 0 Å². The van der Waals surface area contributed by atoms with Crippen molar-refractivity contribution < 1.29 is 26.5 Å². The minimum atomic E-state index is 0. The number of ether oxygens (including phenoxy) is 1. The van der Waals surface area contributed by atoms with Crippen molar-refractivity contribution in [3.05, 3.63) is 24.0 Å². The van der Waals surface area contributed by atoms with Gasteiger partial charge in [-0.05, 0) is 13.8 Å². The average molecular weight is 244 g/mol. The number of allylic oxidation sites excluding steroid dienone is 3. The van der Waals surface area contributed by atoms with Crippen molar-refractivity contribution >= 4 is 24.8 Å². The van der Waals surface area contributed by atoms with Gasteiger partial charge in [-0.1, -0.05) is 5.76 Å². The third-order valence-corrected chi connectivity index (χ3v) is 1.03. The first-order chi connectivity index (χ1) is 4.29. The standard InChI is InChI=1S/C8H11O.2ClH.Ti/c1-7(2)9-8-5-3-4-6-8;;;/h3,5,7H,4H2,1-2H3;2*1H;/q-1;;;. The van der Waals surface area contributed by atoms with Crippen molar-refractivity contribution in [1.29, 1.82) is 0 Å². The van der Waals surface area contributed by atoms with Crippen LogP contribution in [-0.2, 0) is 26.5 Å². The van der Waals surface area contributed by atoms with Crippen LogP contribution in [0.4, 0.5) is 0 Å². The maximum absolute atomic E-state index is 5.33. The van der Waals surface area contributed by atoms with Crippen LogP contribution in [0, 0.1) is 6.08 Å². The molecule has 4 heteroatoms. The normalized spacial score (nSPS) is 12.4. The molecule has 0 unspecified atom stereocenters. The predicted molar refractivity (Wildman–Crippen MR) is 51.2 cm³/mol. The Morgan fingerprint density at radius 1 is 1.42 bits per heavy atom. The van der Waals surface area contributed by atoms with Crippen LogP contribution in [0.15, 0.2) is 17.9 Å². The third-order valence-electron chi connectivity index (χ3n) is 1.03. The molecular formula is C8H13Cl2OTi-. The van der Waals surface area contributed by atoms with E-state index in [0.717, 1.165) is 12.2 Å². The van der Waals surface area contributed by atoms with Crippen molar-refractivity contribution in [3.8, 4) is 0 Å². The van der Waals surface area contributed by atoms with Crippen LogP contribution in [0.2, 0.25) is 0 Å². The Bertz CT molecular complexity index is 155. The minimum absolute atomic E-state index is 0. The van der Waals surface area contributed by atoms with E-state index in [1.165, 1.54) is 0 Å². The molecule has 1 nitrogen and oxygen atoms in total. The maximum Gasteiger partial charge on any atom is 0.0884 e. The zero-order valence-electron chi connectivity index (χ0n) is 7.16. The summed E-state index contributed by atoms with van der Waals surface area (Å²) in [5.74, 6) is 0.894. The van der Waals surface area contributed by atoms with Crippen LogP contribution < -0.4 is 0 Å². The van der Waals surface area contributed by atoms with Gasteiger partial charge in [0.2, 0.25) is 0 Å². The fourth-order valence-corrected chi connectivity index (χ4v) is 0.719. The zero-order chi connectivity index (χ0) is 6.69. The molecule has 0 aromatic heterocycles. The summed E-state index contributed by atoms with van der Waals surface area (Å²) in [6, 6.07) is 0. The van der Waals surface area contributed by atoms with Gasteiger partial charge in [0.05, 0.1) is 6.10 Å². The van der Waals surface area contributed by atoms with E-state index < -0.39 is 0 Å². The van der Waals surface area contributed by atoms with Crippen molar-refractivity contribution in [2.45, 2.75) is 26.4 Å². The Kier molecular flexibility index (Phi) is 14.8. The zero-order valence-corrected chi connectivity index (χ0v) is 10.4. The smallest absolute Gasteiger partial charge is 0.0884 e. The summed E-state index contributed by atoms with van der Waals surface area (Å²) in [7, 11) is 0. The van der Waals surface area contributed by atoms with Gasteiger partial charge in [0.15, 0.2) is 0 Å². The topological polar surface area (TPSA) is 9.23 Å². The van der Waals surface area contributed by atoms with E-state index in [1.807, 2.05) is 26.0 Å². The first-order valence-electron chi connectivity index (χ1n) is 3.23. The maximum atomic E-state index is 5.33. The Morgan fingerprint density at radius 3 is 2.33 bits per heavy atom. The Balaban J connectivity index is -0.000000270. The van der Waals surface area contributed by atoms with E-state index in [1.54, 1.807) is 0 Å². The molecule has 1 aliphatic rings. The fraction of sp³-hybridized carbons (Fsp3) is 0.500. The second-order valence-electron chi connectivity index (χ2n) is 2.31. The fourth-order valence-electron chi connectivity index (χ4n) is 0.719. The molecule has 0 aromatic rings. The molecule has 0 spiro atoms. The van der Waals surface area contributed by atoms with Crippen molar-refractivity contribution in [1.82, 2.24) is 0 Å². The van der Waals surface area contributed by atoms with Gasteiger partial charge in [0.25, 0.3) is 0 Å². The molecule has 0 radical (unpaired) electrons. The van der Waals surface area contributed by atoms with Gasteiger partial charge in [-0.2, -0.15) is 12.2 Å². The molecule has 1 rings (SSSR count). The summed E-state index contributed by atoms with van der Waals surface area (Å²) < 4.78 is 5.33. The molecule has 0 saturated heterocycles. The predicted octanol–water partition coefficient (Wildman–Crippen LogP) is 2.90. The quantitative estimate of drug-likeness (QED) is 0.536. The van der Waals surface area contributed by atoms with Gasteiger partial charge in [-0.25, -0.2) is 6.08 Å². The second-order valence-corrected chi connectivity index (χ2v) is 2.31. The second kappa shape index (κ2) is 9.66. The summed E-state index contributed by atoms with van der Waals surface area (Å²) >= 11 is 0. The van der Waals surface area contributed by atoms with E-state index >= 15 is 0 Å². The molecule has 12 heavy (non-hydrogen) atoms. The molecule has 0 heterocycles. The van der Waals surface area contributed by atoms with Crippen LogP contribution in [0.3, 0.4) is 0 Å². The van der Waals surface area contributed by atoms with Gasteiger partial charge < -0.3 is 4.74 Å². The third kappa shape index (κ3) is 7.24. The van der Waals surface area contributed by atoms with Gasteiger partial charge in [-0.3, -0.25) is 0 Å². The van der Waals surface area contributed by atoms with Gasteiger partial charge >= 0.3 is 0 Å². The van der Waals surface area contributed by atoms with Crippen LogP contribution in [0.1, 0.15) is 20.3 Å². The summed E-state index contributed by atoms with van der Waals surface area (Å²) in [6.45, 7) is 4.03. The van der Waals surface area contributed by atoms with E-state index in [9.17, 15) is 0 Å². The first-order valence-corrected chi connectivity index (χ1v) is 3.23. The summed E-state index contributed by atoms with van der Waals surface area (Å²) in [4.78, 5) is 0. The van der Waals surface area contributed by atoms with E-state index in [4.69, 9.17) is 4.74 Å². The minimum Gasteiger partial charge on any atom is -0.529 e. The van der Waals surface area contributed by atoms with Crippen molar-refractivity contribution in [2.75, 3.05) is 0 Å². The Hall–Kier alpha value is 0.574. The number of hydrogen-bond acceptors (Lipinski definition) is 1. The molecule has 0 N–H and O–H groups in total. The van der Waals surface area contributed by atoms with Crippen LogP contribution in [0.5, 0.6) is 0 Å². The van der Waals surface area contributed by atoms with Crippen LogP contribution >= 0.6 is 24.8 Å². The molecule has 0 amide bonds. The van der Waals surface area contributed by atoms with E-state index in [2.05, 4.69) is 6.08 Å². The number of halogens is 2. The molecule has 70 valence electrons. The molecule has 0 aromatic carbocycles. The molecule has 1 aliphatic carbocycles. The Morgan fingerprint density at radius 2 is 2.00 bits per heavy atom. The summed E-state index contributed by atoms with van der Waals surface area (Å²) in [5.41, 5.74) is 0. The molecule has 0 fully saturated rings. The molecule has 0 bridgehead atoms. The SMILES string of the molecule is CC(C)OC1=[C-]CC=C1.Cl.Cl.[Ti]. The Labute approximate surface area is 101 Å². The number of hydrogen-bond donors (Lipinski definition) is 0. The van der Waals surface area contributed by atoms with E-state index in [-0.39, 0.29) is 52.6 Å². The van der Waals surface area contributed by atoms with Crippen molar-refractivity contribution in [2.24, 2.45) is 0 Å². The number of rotatable bonds is 2. The van der Waals surface area contributed by atoms with Gasteiger partial charge in [0.1, 0.15) is 0 Å². The average Bonchev–Trinajstić information content (AvgIpc) is 2.15. The first kappa shape index (κ1) is 18.4. The van der Waals surface area contributed by atoms with Gasteiger partial charge in [-0.15, -0.1) is 31.2 Å². The molecule has 0 saturated carbocycles. The van der Waals surface area contributed by atoms with Crippen LogP contribution in [-0.4, -0.2) is 6.10 Å². The summed E-state index contributed by atoms with van der Waals surface area (Å²) in [6.07, 6.45) is 8.25. The monoisotopic (exact) mass is 243 g/mol. The largest absolute Gasteiger partial charge is 0.529 e. The van der Waals surface area contributed by atoms with Crippen LogP contribution in [0.25, 0.3) is 0 Å². The summed E-state index contributed by atoms with van der Waals surface area (Å²) in [5, 5.41) is 0. The molecule has 0 atom stereocenters. The van der Waals surface area contributed by atoms with Gasteiger partial charge in [0, 0.05) is 21.7 Å². The molecule has 0 aliphatic heterocycles.